The number of benzene rings is 1. The molecule has 118 valence electrons. The zero-order valence-electron chi connectivity index (χ0n) is 12.0. The lowest BCUT2D eigenvalue weighted by atomic mass is 10.2. The first-order valence-corrected chi connectivity index (χ1v) is 8.00. The van der Waals surface area contributed by atoms with E-state index in [9.17, 15) is 8.42 Å². The minimum atomic E-state index is -3.83. The second-order valence-corrected chi connectivity index (χ2v) is 6.11. The average molecular weight is 332 g/mol. The molecule has 9 heteroatoms. The van der Waals surface area contributed by atoms with Crippen molar-refractivity contribution < 1.29 is 17.7 Å². The fraction of sp³-hybridized carbons (Fsp3) is 0.0714. The Morgan fingerprint density at radius 2 is 2.04 bits per heavy atom. The SMILES string of the molecule is COc1cc(S(N)(=O)=O)ccc1-c1nc(-c2ccccn2)no1. The number of rotatable bonds is 4. The Morgan fingerprint density at radius 3 is 2.70 bits per heavy atom. The van der Waals surface area contributed by atoms with E-state index in [-0.39, 0.29) is 16.5 Å². The summed E-state index contributed by atoms with van der Waals surface area (Å²) in [4.78, 5) is 8.32. The molecule has 0 radical (unpaired) electrons. The lowest BCUT2D eigenvalue weighted by Gasteiger charge is -2.06. The molecule has 2 heterocycles. The summed E-state index contributed by atoms with van der Waals surface area (Å²) in [6.07, 6.45) is 1.62. The summed E-state index contributed by atoms with van der Waals surface area (Å²) >= 11 is 0. The van der Waals surface area contributed by atoms with E-state index < -0.39 is 10.0 Å². The molecule has 0 saturated heterocycles. The fourth-order valence-electron chi connectivity index (χ4n) is 1.96. The van der Waals surface area contributed by atoms with Crippen LogP contribution in [0, 0.1) is 0 Å². The molecule has 0 aliphatic carbocycles. The van der Waals surface area contributed by atoms with Crippen molar-refractivity contribution in [2.24, 2.45) is 5.14 Å². The second kappa shape index (κ2) is 5.78. The van der Waals surface area contributed by atoms with Gasteiger partial charge in [-0.2, -0.15) is 4.98 Å². The molecule has 0 aliphatic heterocycles. The standard InChI is InChI=1S/C14H12N4O4S/c1-21-12-8-9(23(15,19)20)5-6-10(12)14-17-13(18-22-14)11-4-2-3-7-16-11/h2-8H,1H3,(H2,15,19,20). The van der Waals surface area contributed by atoms with E-state index in [2.05, 4.69) is 15.1 Å². The van der Waals surface area contributed by atoms with E-state index in [4.69, 9.17) is 14.4 Å². The summed E-state index contributed by atoms with van der Waals surface area (Å²) in [5.74, 6) is 0.759. The van der Waals surface area contributed by atoms with Gasteiger partial charge in [-0.25, -0.2) is 13.6 Å². The highest BCUT2D eigenvalue weighted by Gasteiger charge is 2.18. The van der Waals surface area contributed by atoms with Gasteiger partial charge in [0.2, 0.25) is 15.8 Å². The van der Waals surface area contributed by atoms with E-state index >= 15 is 0 Å². The third-order valence-electron chi connectivity index (χ3n) is 3.05. The first kappa shape index (κ1) is 15.1. The molecule has 0 amide bonds. The van der Waals surface area contributed by atoms with Crippen LogP contribution in [0.5, 0.6) is 5.75 Å². The molecule has 0 spiro atoms. The van der Waals surface area contributed by atoms with Crippen molar-refractivity contribution >= 4 is 10.0 Å². The van der Waals surface area contributed by atoms with Crippen LogP contribution in [0.3, 0.4) is 0 Å². The number of sulfonamides is 1. The third-order valence-corrected chi connectivity index (χ3v) is 3.96. The minimum absolute atomic E-state index is 0.0671. The van der Waals surface area contributed by atoms with Gasteiger partial charge in [-0.3, -0.25) is 4.98 Å². The molecule has 0 atom stereocenters. The summed E-state index contributed by atoms with van der Waals surface area (Å²) in [6.45, 7) is 0. The summed E-state index contributed by atoms with van der Waals surface area (Å²) in [7, 11) is -2.42. The van der Waals surface area contributed by atoms with Crippen molar-refractivity contribution in [2.75, 3.05) is 7.11 Å². The van der Waals surface area contributed by atoms with E-state index in [1.54, 1.807) is 24.4 Å². The average Bonchev–Trinajstić information content (AvgIpc) is 3.04. The number of aromatic nitrogens is 3. The van der Waals surface area contributed by atoms with Crippen LogP contribution in [0.1, 0.15) is 0 Å². The van der Waals surface area contributed by atoms with E-state index in [0.29, 0.717) is 17.1 Å². The highest BCUT2D eigenvalue weighted by molar-refractivity contribution is 7.89. The Morgan fingerprint density at radius 1 is 1.22 bits per heavy atom. The summed E-state index contributed by atoms with van der Waals surface area (Å²) in [5.41, 5.74) is 1.01. The van der Waals surface area contributed by atoms with Gasteiger partial charge in [0, 0.05) is 12.3 Å². The number of hydrogen-bond donors (Lipinski definition) is 1. The van der Waals surface area contributed by atoms with Gasteiger partial charge in [0.25, 0.3) is 5.89 Å². The third kappa shape index (κ3) is 3.05. The molecule has 3 aromatic rings. The van der Waals surface area contributed by atoms with Gasteiger partial charge in [0.1, 0.15) is 11.4 Å². The van der Waals surface area contributed by atoms with E-state index in [0.717, 1.165) is 0 Å². The van der Waals surface area contributed by atoms with Gasteiger partial charge < -0.3 is 9.26 Å². The molecule has 0 bridgehead atoms. The fourth-order valence-corrected chi connectivity index (χ4v) is 2.49. The second-order valence-electron chi connectivity index (χ2n) is 4.55. The highest BCUT2D eigenvalue weighted by atomic mass is 32.2. The summed E-state index contributed by atoms with van der Waals surface area (Å²) in [5, 5.41) is 8.97. The molecule has 0 saturated carbocycles. The van der Waals surface area contributed by atoms with Crippen molar-refractivity contribution in [3.8, 4) is 28.7 Å². The largest absolute Gasteiger partial charge is 0.496 e. The monoisotopic (exact) mass is 332 g/mol. The zero-order valence-corrected chi connectivity index (χ0v) is 12.8. The van der Waals surface area contributed by atoms with Crippen LogP contribution in [0.2, 0.25) is 0 Å². The number of nitrogens with two attached hydrogens (primary N) is 1. The smallest absolute Gasteiger partial charge is 0.262 e. The molecule has 1 aromatic carbocycles. The van der Waals surface area contributed by atoms with Gasteiger partial charge in [-0.15, -0.1) is 0 Å². The van der Waals surface area contributed by atoms with Crippen molar-refractivity contribution in [1.82, 2.24) is 15.1 Å². The predicted octanol–water partition coefficient (Wildman–Crippen LogP) is 1.45. The first-order valence-electron chi connectivity index (χ1n) is 6.45. The Hall–Kier alpha value is -2.78. The van der Waals surface area contributed by atoms with Gasteiger partial charge in [-0.1, -0.05) is 11.2 Å². The van der Waals surface area contributed by atoms with Crippen LogP contribution in [0.15, 0.2) is 52.0 Å². The highest BCUT2D eigenvalue weighted by Crippen LogP contribution is 2.31. The number of hydrogen-bond acceptors (Lipinski definition) is 7. The molecule has 0 unspecified atom stereocenters. The minimum Gasteiger partial charge on any atom is -0.496 e. The van der Waals surface area contributed by atoms with Crippen LogP contribution in [-0.2, 0) is 10.0 Å². The Bertz CT molecular complexity index is 938. The Labute approximate surface area is 132 Å². The van der Waals surface area contributed by atoms with Crippen LogP contribution >= 0.6 is 0 Å². The molecule has 0 aliphatic rings. The van der Waals surface area contributed by atoms with Crippen molar-refractivity contribution in [2.45, 2.75) is 4.90 Å². The van der Waals surface area contributed by atoms with Crippen LogP contribution in [0.4, 0.5) is 0 Å². The molecule has 23 heavy (non-hydrogen) atoms. The van der Waals surface area contributed by atoms with Gasteiger partial charge >= 0.3 is 0 Å². The molecule has 0 fully saturated rings. The number of primary sulfonamides is 1. The maximum absolute atomic E-state index is 11.4. The van der Waals surface area contributed by atoms with Crippen molar-refractivity contribution in [1.29, 1.82) is 0 Å². The van der Waals surface area contributed by atoms with Gasteiger partial charge in [0.05, 0.1) is 17.6 Å². The van der Waals surface area contributed by atoms with Crippen LogP contribution in [-0.4, -0.2) is 30.7 Å². The molecule has 2 N–H and O–H groups in total. The molecule has 8 nitrogen and oxygen atoms in total. The van der Waals surface area contributed by atoms with Crippen molar-refractivity contribution in [3.63, 3.8) is 0 Å². The lowest BCUT2D eigenvalue weighted by molar-refractivity contribution is 0.404. The van der Waals surface area contributed by atoms with Crippen molar-refractivity contribution in [3.05, 3.63) is 42.6 Å². The zero-order chi connectivity index (χ0) is 16.4. The Balaban J connectivity index is 2.04. The Kier molecular flexibility index (Phi) is 3.80. The number of nitrogens with zero attached hydrogens (tertiary/aromatic N) is 3. The molecule has 2 aromatic heterocycles. The topological polar surface area (TPSA) is 121 Å². The molecule has 3 rings (SSSR count). The summed E-state index contributed by atoms with van der Waals surface area (Å²) in [6, 6.07) is 9.47. The van der Waals surface area contributed by atoms with Crippen LogP contribution < -0.4 is 9.88 Å². The normalized spacial score (nSPS) is 11.4. The lowest BCUT2D eigenvalue weighted by Crippen LogP contribution is -2.12. The van der Waals surface area contributed by atoms with E-state index in [1.165, 1.54) is 25.3 Å². The van der Waals surface area contributed by atoms with Gasteiger partial charge in [-0.05, 0) is 24.3 Å². The number of pyridine rings is 1. The van der Waals surface area contributed by atoms with E-state index in [1.807, 2.05) is 0 Å². The summed E-state index contributed by atoms with van der Waals surface area (Å²) < 4.78 is 33.2. The van der Waals surface area contributed by atoms with Gasteiger partial charge in [0.15, 0.2) is 0 Å². The predicted molar refractivity (Wildman–Crippen MR) is 80.9 cm³/mol. The van der Waals surface area contributed by atoms with Crippen LogP contribution in [0.25, 0.3) is 23.0 Å². The number of methoxy groups -OCH3 is 1. The maximum atomic E-state index is 11.4. The number of ether oxygens (including phenoxy) is 1. The molecular formula is C14H12N4O4S. The quantitative estimate of drug-likeness (QED) is 0.767. The molecular weight excluding hydrogens is 320 g/mol. The first-order chi connectivity index (χ1) is 11.0. The maximum Gasteiger partial charge on any atom is 0.262 e.